The molecule has 3 heteroatoms. The summed E-state index contributed by atoms with van der Waals surface area (Å²) in [6.45, 7) is 4.18. The molecule has 0 aromatic heterocycles. The molecule has 20 heavy (non-hydrogen) atoms. The first-order chi connectivity index (χ1) is 9.85. The molecular formula is C17H27N3. The third kappa shape index (κ3) is 3.99. The molecule has 1 aliphatic carbocycles. The number of fused-ring (bicyclic) bond motifs is 1. The van der Waals surface area contributed by atoms with Gasteiger partial charge in [0.25, 0.3) is 0 Å². The van der Waals surface area contributed by atoms with Crippen LogP contribution >= 0.6 is 0 Å². The Labute approximate surface area is 122 Å². The average molecular weight is 273 g/mol. The maximum atomic E-state index is 4.29. The normalized spacial score (nSPS) is 18.5. The Balaban J connectivity index is 1.88. The van der Waals surface area contributed by atoms with Gasteiger partial charge in [0.15, 0.2) is 5.96 Å². The fourth-order valence-electron chi connectivity index (χ4n) is 2.89. The molecule has 2 rings (SSSR count). The number of unbranched alkanes of at least 4 members (excludes halogenated alkanes) is 1. The predicted molar refractivity (Wildman–Crippen MR) is 86.4 cm³/mol. The summed E-state index contributed by atoms with van der Waals surface area (Å²) in [5, 5.41) is 6.85. The lowest BCUT2D eigenvalue weighted by Gasteiger charge is -2.26. The number of aliphatic imine (C=N–C) groups is 1. The van der Waals surface area contributed by atoms with Crippen LogP contribution in [0.2, 0.25) is 0 Å². The lowest BCUT2D eigenvalue weighted by Crippen LogP contribution is -2.40. The molecule has 0 spiro atoms. The van der Waals surface area contributed by atoms with Gasteiger partial charge in [-0.2, -0.15) is 0 Å². The van der Waals surface area contributed by atoms with E-state index in [2.05, 4.69) is 46.8 Å². The molecule has 0 amide bonds. The Kier molecular flexibility index (Phi) is 5.90. The van der Waals surface area contributed by atoms with Crippen LogP contribution in [0.25, 0.3) is 0 Å². The molecule has 0 aliphatic heterocycles. The first kappa shape index (κ1) is 14.9. The van der Waals surface area contributed by atoms with Crippen LogP contribution in [0.1, 0.15) is 49.7 Å². The zero-order valence-electron chi connectivity index (χ0n) is 12.8. The highest BCUT2D eigenvalue weighted by molar-refractivity contribution is 5.79. The van der Waals surface area contributed by atoms with Gasteiger partial charge in [0.1, 0.15) is 0 Å². The second-order valence-electron chi connectivity index (χ2n) is 5.52. The molecular weight excluding hydrogens is 246 g/mol. The summed E-state index contributed by atoms with van der Waals surface area (Å²) in [6.07, 6.45) is 6.20. The van der Waals surface area contributed by atoms with Crippen molar-refractivity contribution in [2.75, 3.05) is 20.1 Å². The number of benzene rings is 1. The molecule has 0 saturated heterocycles. The second-order valence-corrected chi connectivity index (χ2v) is 5.52. The standard InChI is InChI=1S/C17H27N3/c1-3-4-12-19-17(18-2)20-13-15-10-7-9-14-8-5-6-11-16(14)15/h5-6,8,11,15H,3-4,7,9-10,12-13H2,1-2H3,(H2,18,19,20). The van der Waals surface area contributed by atoms with Gasteiger partial charge < -0.3 is 10.6 Å². The van der Waals surface area contributed by atoms with E-state index in [1.165, 1.54) is 43.2 Å². The average Bonchev–Trinajstić information content (AvgIpc) is 2.50. The zero-order chi connectivity index (χ0) is 14.2. The van der Waals surface area contributed by atoms with Crippen molar-refractivity contribution in [3.05, 3.63) is 35.4 Å². The molecule has 2 N–H and O–H groups in total. The summed E-state index contributed by atoms with van der Waals surface area (Å²) in [4.78, 5) is 4.29. The van der Waals surface area contributed by atoms with Crippen LogP contribution in [0.15, 0.2) is 29.3 Å². The Morgan fingerprint density at radius 3 is 2.95 bits per heavy atom. The van der Waals surface area contributed by atoms with E-state index in [0.29, 0.717) is 5.92 Å². The van der Waals surface area contributed by atoms with Gasteiger partial charge in [-0.15, -0.1) is 0 Å². The summed E-state index contributed by atoms with van der Waals surface area (Å²) in [6, 6.07) is 8.87. The monoisotopic (exact) mass is 273 g/mol. The van der Waals surface area contributed by atoms with Gasteiger partial charge in [0, 0.05) is 26.1 Å². The topological polar surface area (TPSA) is 36.4 Å². The fourth-order valence-corrected chi connectivity index (χ4v) is 2.89. The molecule has 0 heterocycles. The van der Waals surface area contributed by atoms with Gasteiger partial charge in [0.2, 0.25) is 0 Å². The minimum absolute atomic E-state index is 0.615. The highest BCUT2D eigenvalue weighted by Gasteiger charge is 2.19. The number of hydrogen-bond donors (Lipinski definition) is 2. The van der Waals surface area contributed by atoms with Crippen LogP contribution in [-0.2, 0) is 6.42 Å². The van der Waals surface area contributed by atoms with Crippen LogP contribution in [0.3, 0.4) is 0 Å². The van der Waals surface area contributed by atoms with E-state index in [-0.39, 0.29) is 0 Å². The van der Waals surface area contributed by atoms with E-state index < -0.39 is 0 Å². The van der Waals surface area contributed by atoms with Gasteiger partial charge in [-0.05, 0) is 36.8 Å². The molecule has 3 nitrogen and oxygen atoms in total. The molecule has 0 saturated carbocycles. The van der Waals surface area contributed by atoms with Gasteiger partial charge in [-0.1, -0.05) is 37.6 Å². The lowest BCUT2D eigenvalue weighted by atomic mass is 9.83. The molecule has 0 fully saturated rings. The Hall–Kier alpha value is -1.51. The minimum atomic E-state index is 0.615. The summed E-state index contributed by atoms with van der Waals surface area (Å²) < 4.78 is 0. The van der Waals surface area contributed by atoms with Gasteiger partial charge >= 0.3 is 0 Å². The predicted octanol–water partition coefficient (Wildman–Crippen LogP) is 3.07. The molecule has 1 atom stereocenters. The number of nitrogens with one attached hydrogen (secondary N) is 2. The number of rotatable bonds is 5. The van der Waals surface area contributed by atoms with Gasteiger partial charge in [-0.25, -0.2) is 0 Å². The fraction of sp³-hybridized carbons (Fsp3) is 0.588. The number of guanidine groups is 1. The molecule has 0 bridgehead atoms. The molecule has 1 aliphatic rings. The van der Waals surface area contributed by atoms with Crippen LogP contribution in [0.5, 0.6) is 0 Å². The van der Waals surface area contributed by atoms with Gasteiger partial charge in [-0.3, -0.25) is 4.99 Å². The zero-order valence-corrected chi connectivity index (χ0v) is 12.8. The summed E-state index contributed by atoms with van der Waals surface area (Å²) in [7, 11) is 1.84. The van der Waals surface area contributed by atoms with Crippen molar-refractivity contribution in [1.82, 2.24) is 10.6 Å². The van der Waals surface area contributed by atoms with Crippen molar-refractivity contribution >= 4 is 5.96 Å². The Morgan fingerprint density at radius 1 is 1.30 bits per heavy atom. The highest BCUT2D eigenvalue weighted by Crippen LogP contribution is 2.30. The van der Waals surface area contributed by atoms with E-state index in [1.807, 2.05) is 7.05 Å². The molecule has 1 unspecified atom stereocenters. The molecule has 0 radical (unpaired) electrons. The highest BCUT2D eigenvalue weighted by atomic mass is 15.2. The number of nitrogens with zero attached hydrogens (tertiary/aromatic N) is 1. The van der Waals surface area contributed by atoms with Crippen LogP contribution in [-0.4, -0.2) is 26.1 Å². The van der Waals surface area contributed by atoms with Crippen molar-refractivity contribution in [1.29, 1.82) is 0 Å². The van der Waals surface area contributed by atoms with E-state index in [9.17, 15) is 0 Å². The lowest BCUT2D eigenvalue weighted by molar-refractivity contribution is 0.539. The van der Waals surface area contributed by atoms with Crippen LogP contribution in [0.4, 0.5) is 0 Å². The van der Waals surface area contributed by atoms with Crippen LogP contribution in [0, 0.1) is 0 Å². The number of hydrogen-bond acceptors (Lipinski definition) is 1. The first-order valence-corrected chi connectivity index (χ1v) is 7.87. The summed E-state index contributed by atoms with van der Waals surface area (Å²) >= 11 is 0. The van der Waals surface area contributed by atoms with Crippen molar-refractivity contribution in [3.8, 4) is 0 Å². The quantitative estimate of drug-likeness (QED) is 0.491. The molecule has 110 valence electrons. The second kappa shape index (κ2) is 7.93. The number of aryl methyl sites for hydroxylation is 1. The van der Waals surface area contributed by atoms with E-state index in [0.717, 1.165) is 19.0 Å². The molecule has 1 aromatic carbocycles. The smallest absolute Gasteiger partial charge is 0.190 e. The van der Waals surface area contributed by atoms with E-state index in [4.69, 9.17) is 0 Å². The van der Waals surface area contributed by atoms with E-state index in [1.54, 1.807) is 0 Å². The van der Waals surface area contributed by atoms with Crippen molar-refractivity contribution < 1.29 is 0 Å². The summed E-state index contributed by atoms with van der Waals surface area (Å²) in [5.74, 6) is 1.55. The minimum Gasteiger partial charge on any atom is -0.356 e. The maximum absolute atomic E-state index is 4.29. The first-order valence-electron chi connectivity index (χ1n) is 7.87. The van der Waals surface area contributed by atoms with Crippen molar-refractivity contribution in [3.63, 3.8) is 0 Å². The van der Waals surface area contributed by atoms with Crippen molar-refractivity contribution in [2.24, 2.45) is 4.99 Å². The summed E-state index contributed by atoms with van der Waals surface area (Å²) in [5.41, 5.74) is 3.05. The van der Waals surface area contributed by atoms with Crippen LogP contribution < -0.4 is 10.6 Å². The largest absolute Gasteiger partial charge is 0.356 e. The maximum Gasteiger partial charge on any atom is 0.190 e. The van der Waals surface area contributed by atoms with Gasteiger partial charge in [0.05, 0.1) is 0 Å². The SMILES string of the molecule is CCCCNC(=NC)NCC1CCCc2ccccc21. The Morgan fingerprint density at radius 2 is 2.15 bits per heavy atom. The molecule has 1 aromatic rings. The third-order valence-electron chi connectivity index (χ3n) is 4.06. The van der Waals surface area contributed by atoms with Crippen molar-refractivity contribution in [2.45, 2.75) is 44.9 Å². The van der Waals surface area contributed by atoms with E-state index >= 15 is 0 Å². The third-order valence-corrected chi connectivity index (χ3v) is 4.06. The Bertz CT molecular complexity index is 440.